The summed E-state index contributed by atoms with van der Waals surface area (Å²) in [7, 11) is 8.13. The topological polar surface area (TPSA) is 110 Å². The number of likely N-dealkylation sites (N-methyl/N-ethyl adjacent to an activating group) is 1. The maximum atomic E-state index is 9.06. The van der Waals surface area contributed by atoms with Gasteiger partial charge < -0.3 is 25.4 Å². The molecule has 0 bridgehead atoms. The Balaban J connectivity index is 2.02. The monoisotopic (exact) mass is 412 g/mol. The maximum absolute atomic E-state index is 9.06. The second-order valence-electron chi connectivity index (χ2n) is 7.95. The van der Waals surface area contributed by atoms with Crippen molar-refractivity contribution in [3.05, 3.63) is 48.0 Å². The van der Waals surface area contributed by atoms with Crippen LogP contribution in [0, 0.1) is 0 Å². The first kappa shape index (κ1) is 21.5. The summed E-state index contributed by atoms with van der Waals surface area (Å²) in [6.07, 6.45) is 5.36. The molecule has 0 aromatic carbocycles. The predicted molar refractivity (Wildman–Crippen MR) is 120 cm³/mol. The van der Waals surface area contributed by atoms with E-state index in [1.165, 1.54) is 0 Å². The van der Waals surface area contributed by atoms with Gasteiger partial charge in [0, 0.05) is 19.3 Å². The number of ether oxygens (including phenoxy) is 1. The molecule has 1 aliphatic carbocycles. The fourth-order valence-corrected chi connectivity index (χ4v) is 2.97. The van der Waals surface area contributed by atoms with Crippen molar-refractivity contribution in [2.45, 2.75) is 0 Å². The minimum absolute atomic E-state index is 0.0970. The fourth-order valence-electron chi connectivity index (χ4n) is 2.97. The van der Waals surface area contributed by atoms with E-state index in [2.05, 4.69) is 36.6 Å². The van der Waals surface area contributed by atoms with E-state index in [0.29, 0.717) is 28.7 Å². The van der Waals surface area contributed by atoms with Crippen molar-refractivity contribution in [2.75, 3.05) is 59.8 Å². The third kappa shape index (κ3) is 5.05. The van der Waals surface area contributed by atoms with E-state index < -0.39 is 0 Å². The zero-order chi connectivity index (χ0) is 21.7. The van der Waals surface area contributed by atoms with Crippen LogP contribution in [0.4, 0.5) is 11.5 Å². The minimum atomic E-state index is -0.0970. The molecule has 0 aliphatic heterocycles. The number of nitrogens with two attached hydrogens (primary N) is 1. The second-order valence-corrected chi connectivity index (χ2v) is 7.95. The number of aliphatic hydroxyl groups is 1. The highest BCUT2D eigenvalue weighted by molar-refractivity contribution is 6.52. The molecule has 2 heterocycles. The largest absolute Gasteiger partial charge is 0.489 e. The highest BCUT2D eigenvalue weighted by Gasteiger charge is 2.19. The molecule has 1 aliphatic rings. The number of allylic oxidation sites excluding steroid dienone is 2. The Morgan fingerprint density at radius 3 is 2.73 bits per heavy atom. The molecule has 160 valence electrons. The van der Waals surface area contributed by atoms with E-state index in [1.54, 1.807) is 23.7 Å². The summed E-state index contributed by atoms with van der Waals surface area (Å²) >= 11 is 0. The molecule has 0 atom stereocenters. The lowest BCUT2D eigenvalue weighted by Gasteiger charge is -2.23. The number of hydrogen-bond acceptors (Lipinski definition) is 7. The summed E-state index contributed by atoms with van der Waals surface area (Å²) in [5.74, 6) is 1.16. The molecule has 0 saturated carbocycles. The van der Waals surface area contributed by atoms with Crippen molar-refractivity contribution in [1.29, 1.82) is 0 Å². The molecule has 0 amide bonds. The average Bonchev–Trinajstić information content (AvgIpc) is 3.04. The SMILES string of the molecule is CN=C1C=C(N)C(OCCO)=CC1=Nc1c(NCC[N+](C)(C)C)nn2ccccc12. The van der Waals surface area contributed by atoms with Crippen LogP contribution in [-0.4, -0.2) is 85.1 Å². The van der Waals surface area contributed by atoms with Crippen molar-refractivity contribution in [2.24, 2.45) is 15.7 Å². The molecule has 0 fully saturated rings. The highest BCUT2D eigenvalue weighted by Crippen LogP contribution is 2.31. The number of aliphatic imine (C=N–C) groups is 2. The van der Waals surface area contributed by atoms with E-state index in [0.717, 1.165) is 28.8 Å². The molecule has 9 nitrogen and oxygen atoms in total. The van der Waals surface area contributed by atoms with Crippen LogP contribution in [0.1, 0.15) is 0 Å². The number of aliphatic hydroxyl groups excluding tert-OH is 1. The number of hydrogen-bond donors (Lipinski definition) is 3. The van der Waals surface area contributed by atoms with Gasteiger partial charge in [-0.05, 0) is 18.2 Å². The first-order chi connectivity index (χ1) is 14.3. The molecular formula is C21H30N7O2+. The number of fused-ring (bicyclic) bond motifs is 1. The molecule has 30 heavy (non-hydrogen) atoms. The molecule has 4 N–H and O–H groups in total. The number of aromatic nitrogens is 2. The van der Waals surface area contributed by atoms with Crippen LogP contribution in [0.25, 0.3) is 5.52 Å². The summed E-state index contributed by atoms with van der Waals surface area (Å²) in [4.78, 5) is 9.19. The van der Waals surface area contributed by atoms with Gasteiger partial charge in [-0.2, -0.15) is 0 Å². The normalized spacial score (nSPS) is 17.4. The van der Waals surface area contributed by atoms with Gasteiger partial charge in [0.15, 0.2) is 5.82 Å². The molecule has 0 saturated heterocycles. The highest BCUT2D eigenvalue weighted by atomic mass is 16.5. The summed E-state index contributed by atoms with van der Waals surface area (Å²) in [6, 6.07) is 5.85. The maximum Gasteiger partial charge on any atom is 0.175 e. The smallest absolute Gasteiger partial charge is 0.175 e. The van der Waals surface area contributed by atoms with Crippen LogP contribution in [0.2, 0.25) is 0 Å². The van der Waals surface area contributed by atoms with Gasteiger partial charge in [0.05, 0.1) is 63.5 Å². The van der Waals surface area contributed by atoms with Crippen LogP contribution in [-0.2, 0) is 4.74 Å². The van der Waals surface area contributed by atoms with Crippen LogP contribution >= 0.6 is 0 Å². The van der Waals surface area contributed by atoms with Crippen molar-refractivity contribution in [1.82, 2.24) is 9.61 Å². The van der Waals surface area contributed by atoms with Crippen LogP contribution in [0.3, 0.4) is 0 Å². The van der Waals surface area contributed by atoms with Crippen molar-refractivity contribution >= 4 is 28.4 Å². The Bertz CT molecular complexity index is 1030. The Hall–Kier alpha value is -3.17. The lowest BCUT2D eigenvalue weighted by Crippen LogP contribution is -2.38. The van der Waals surface area contributed by atoms with Gasteiger partial charge in [-0.3, -0.25) is 4.99 Å². The lowest BCUT2D eigenvalue weighted by atomic mass is 10.1. The fraction of sp³-hybridized carbons (Fsp3) is 0.381. The Morgan fingerprint density at radius 2 is 2.03 bits per heavy atom. The van der Waals surface area contributed by atoms with Gasteiger partial charge in [0.25, 0.3) is 0 Å². The average molecular weight is 413 g/mol. The van der Waals surface area contributed by atoms with Gasteiger partial charge in [-0.1, -0.05) is 6.07 Å². The Morgan fingerprint density at radius 1 is 1.23 bits per heavy atom. The van der Waals surface area contributed by atoms with Crippen molar-refractivity contribution < 1.29 is 14.3 Å². The Kier molecular flexibility index (Phi) is 6.53. The van der Waals surface area contributed by atoms with E-state index in [1.807, 2.05) is 24.4 Å². The van der Waals surface area contributed by atoms with Gasteiger partial charge in [-0.15, -0.1) is 5.10 Å². The predicted octanol–water partition coefficient (Wildman–Crippen LogP) is 1.34. The first-order valence-corrected chi connectivity index (χ1v) is 9.83. The van der Waals surface area contributed by atoms with E-state index in [4.69, 9.17) is 20.6 Å². The zero-order valence-electron chi connectivity index (χ0n) is 18.0. The molecule has 0 radical (unpaired) electrons. The Labute approximate surface area is 176 Å². The van der Waals surface area contributed by atoms with E-state index >= 15 is 0 Å². The number of anilines is 1. The number of pyridine rings is 1. The number of rotatable bonds is 8. The van der Waals surface area contributed by atoms with Crippen molar-refractivity contribution in [3.8, 4) is 0 Å². The lowest BCUT2D eigenvalue weighted by molar-refractivity contribution is -0.868. The van der Waals surface area contributed by atoms with Gasteiger partial charge in [0.1, 0.15) is 18.1 Å². The number of quaternary nitrogens is 1. The quantitative estimate of drug-likeness (QED) is 0.448. The first-order valence-electron chi connectivity index (χ1n) is 9.83. The van der Waals surface area contributed by atoms with Crippen molar-refractivity contribution in [3.63, 3.8) is 0 Å². The molecule has 3 rings (SSSR count). The molecular weight excluding hydrogens is 382 g/mol. The third-order valence-corrected chi connectivity index (χ3v) is 4.52. The second kappa shape index (κ2) is 9.10. The van der Waals surface area contributed by atoms with Gasteiger partial charge in [-0.25, -0.2) is 9.51 Å². The standard InChI is InChI=1S/C21H30N7O2/c1-23-16-13-15(22)19(30-12-11-29)14-17(16)25-20-18-7-5-6-9-27(18)26-21(20)24-8-10-28(2,3)4/h5-7,9,13-14,29H,8,10-12,22H2,1-4H3,(H,24,26)/q+1. The minimum Gasteiger partial charge on any atom is -0.489 e. The summed E-state index contributed by atoms with van der Waals surface area (Å²) in [5, 5.41) is 17.1. The molecule has 0 spiro atoms. The van der Waals surface area contributed by atoms with Gasteiger partial charge >= 0.3 is 0 Å². The molecule has 2 aromatic heterocycles. The van der Waals surface area contributed by atoms with E-state index in [9.17, 15) is 0 Å². The van der Waals surface area contributed by atoms with Crippen LogP contribution < -0.4 is 11.1 Å². The third-order valence-electron chi connectivity index (χ3n) is 4.52. The van der Waals surface area contributed by atoms with E-state index in [-0.39, 0.29) is 13.2 Å². The summed E-state index contributed by atoms with van der Waals surface area (Å²) in [5.41, 5.74) is 9.38. The van der Waals surface area contributed by atoms with Gasteiger partial charge in [0.2, 0.25) is 0 Å². The molecule has 2 aromatic rings. The summed E-state index contributed by atoms with van der Waals surface area (Å²) in [6.45, 7) is 1.75. The van der Waals surface area contributed by atoms with Crippen LogP contribution in [0.15, 0.2) is 58.0 Å². The number of nitrogens with zero attached hydrogens (tertiary/aromatic N) is 5. The zero-order valence-corrected chi connectivity index (χ0v) is 18.0. The summed E-state index contributed by atoms with van der Waals surface area (Å²) < 4.78 is 8.19. The van der Waals surface area contributed by atoms with Crippen LogP contribution in [0.5, 0.6) is 0 Å². The molecule has 0 unspecified atom stereocenters. The number of nitrogens with one attached hydrogen (secondary N) is 1. The molecule has 9 heteroatoms.